The van der Waals surface area contributed by atoms with E-state index in [9.17, 15) is 9.90 Å². The molecular formula is C18H21BrN4O2. The molecule has 1 aromatic carbocycles. The largest absolute Gasteiger partial charge is 0.478 e. The van der Waals surface area contributed by atoms with Crippen LogP contribution in [0.3, 0.4) is 0 Å². The molecule has 25 heavy (non-hydrogen) atoms. The first-order chi connectivity index (χ1) is 12.0. The normalized spacial score (nSPS) is 11.0. The molecule has 2 rings (SSSR count). The van der Waals surface area contributed by atoms with Crippen LogP contribution in [0.5, 0.6) is 0 Å². The maximum Gasteiger partial charge on any atom is 0.338 e. The van der Waals surface area contributed by atoms with Gasteiger partial charge < -0.3 is 10.0 Å². The van der Waals surface area contributed by atoms with Gasteiger partial charge in [-0.2, -0.15) is 0 Å². The van der Waals surface area contributed by atoms with Crippen LogP contribution in [0.1, 0.15) is 37.0 Å². The summed E-state index contributed by atoms with van der Waals surface area (Å²) in [6, 6.07) is 8.75. The van der Waals surface area contributed by atoms with E-state index in [1.165, 1.54) is 0 Å². The minimum Gasteiger partial charge on any atom is -0.478 e. The summed E-state index contributed by atoms with van der Waals surface area (Å²) in [6.07, 6.45) is 3.61. The van der Waals surface area contributed by atoms with Crippen LogP contribution in [0.2, 0.25) is 0 Å². The Hall–Kier alpha value is -2.28. The lowest BCUT2D eigenvalue weighted by atomic mass is 10.1. The number of aromatic carboxylic acids is 1. The van der Waals surface area contributed by atoms with Gasteiger partial charge in [-0.25, -0.2) is 9.78 Å². The molecule has 0 saturated heterocycles. The molecule has 0 spiro atoms. The van der Waals surface area contributed by atoms with Crippen LogP contribution in [-0.4, -0.2) is 29.1 Å². The summed E-state index contributed by atoms with van der Waals surface area (Å²) in [5.74, 6) is -0.602. The van der Waals surface area contributed by atoms with Crippen molar-refractivity contribution in [2.24, 2.45) is 10.2 Å². The average Bonchev–Trinajstić information content (AvgIpc) is 2.61. The molecule has 0 fully saturated rings. The fourth-order valence-corrected chi connectivity index (χ4v) is 2.66. The third-order valence-electron chi connectivity index (χ3n) is 3.53. The van der Waals surface area contributed by atoms with Crippen molar-refractivity contribution >= 4 is 39.1 Å². The summed E-state index contributed by atoms with van der Waals surface area (Å²) in [5.41, 5.74) is 1.34. The van der Waals surface area contributed by atoms with Gasteiger partial charge in [-0.3, -0.25) is 0 Å². The molecule has 7 heteroatoms. The number of carboxylic acid groups (broad SMARTS) is 1. The van der Waals surface area contributed by atoms with Crippen LogP contribution < -0.4 is 4.90 Å². The van der Waals surface area contributed by atoms with E-state index in [-0.39, 0.29) is 5.56 Å². The average molecular weight is 405 g/mol. The first-order valence-corrected chi connectivity index (χ1v) is 9.00. The number of pyridine rings is 1. The van der Waals surface area contributed by atoms with E-state index < -0.39 is 5.97 Å². The number of aromatic nitrogens is 1. The Morgan fingerprint density at radius 2 is 1.88 bits per heavy atom. The van der Waals surface area contributed by atoms with Crippen molar-refractivity contribution in [1.29, 1.82) is 0 Å². The fourth-order valence-electron chi connectivity index (χ4n) is 2.42. The van der Waals surface area contributed by atoms with Gasteiger partial charge in [-0.15, -0.1) is 10.2 Å². The van der Waals surface area contributed by atoms with Gasteiger partial charge in [-0.1, -0.05) is 13.8 Å². The van der Waals surface area contributed by atoms with Crippen molar-refractivity contribution in [1.82, 2.24) is 4.98 Å². The molecule has 2 aromatic rings. The second-order valence-corrected chi connectivity index (χ2v) is 6.44. The van der Waals surface area contributed by atoms with E-state index in [4.69, 9.17) is 0 Å². The van der Waals surface area contributed by atoms with Gasteiger partial charge in [0.25, 0.3) is 0 Å². The molecule has 0 amide bonds. The van der Waals surface area contributed by atoms with Gasteiger partial charge in [0.05, 0.1) is 5.56 Å². The molecule has 0 aliphatic heterocycles. The highest BCUT2D eigenvalue weighted by atomic mass is 79.9. The smallest absolute Gasteiger partial charge is 0.338 e. The summed E-state index contributed by atoms with van der Waals surface area (Å²) in [5, 5.41) is 17.6. The third kappa shape index (κ3) is 5.35. The Morgan fingerprint density at radius 3 is 2.44 bits per heavy atom. The van der Waals surface area contributed by atoms with Gasteiger partial charge >= 0.3 is 5.97 Å². The Morgan fingerprint density at radius 1 is 1.16 bits per heavy atom. The molecule has 0 radical (unpaired) electrons. The van der Waals surface area contributed by atoms with Crippen LogP contribution in [0.15, 0.2) is 51.2 Å². The summed E-state index contributed by atoms with van der Waals surface area (Å²) >= 11 is 3.30. The minimum absolute atomic E-state index is 0.135. The molecule has 132 valence electrons. The lowest BCUT2D eigenvalue weighted by molar-refractivity contribution is 0.0698. The number of rotatable bonds is 8. The molecule has 1 heterocycles. The van der Waals surface area contributed by atoms with Crippen molar-refractivity contribution < 1.29 is 9.90 Å². The summed E-state index contributed by atoms with van der Waals surface area (Å²) in [6.45, 7) is 5.98. The van der Waals surface area contributed by atoms with Crippen LogP contribution >= 0.6 is 15.9 Å². The highest BCUT2D eigenvalue weighted by molar-refractivity contribution is 9.10. The standard InChI is InChI=1S/C18H21BrN4O2/c1-3-9-23(10-4-2)14-6-7-16(15(11-14)18(24)25)21-22-17-8-5-13(19)12-20-17/h5-8,11-12H,3-4,9-10H2,1-2H3,(H,24,25). The number of benzene rings is 1. The lowest BCUT2D eigenvalue weighted by Crippen LogP contribution is -2.25. The number of azo groups is 1. The van der Waals surface area contributed by atoms with E-state index in [2.05, 4.69) is 49.9 Å². The minimum atomic E-state index is -1.02. The predicted molar refractivity (Wildman–Crippen MR) is 102 cm³/mol. The zero-order valence-corrected chi connectivity index (χ0v) is 15.9. The van der Waals surface area contributed by atoms with E-state index in [1.54, 1.807) is 30.5 Å². The van der Waals surface area contributed by atoms with Gasteiger partial charge in [0, 0.05) is 29.4 Å². The van der Waals surface area contributed by atoms with Crippen LogP contribution in [0.25, 0.3) is 0 Å². The second kappa shape index (κ2) is 9.27. The SMILES string of the molecule is CCCN(CCC)c1ccc(N=Nc2ccc(Br)cn2)c(C(=O)O)c1. The molecule has 0 aliphatic carbocycles. The van der Waals surface area contributed by atoms with E-state index in [0.29, 0.717) is 11.5 Å². The number of halogens is 1. The number of carboxylic acids is 1. The number of hydrogen-bond donors (Lipinski definition) is 1. The number of carbonyl (C=O) groups is 1. The van der Waals surface area contributed by atoms with Gasteiger partial charge in [0.15, 0.2) is 5.82 Å². The monoisotopic (exact) mass is 404 g/mol. The molecular weight excluding hydrogens is 384 g/mol. The van der Waals surface area contributed by atoms with E-state index in [1.807, 2.05) is 6.07 Å². The zero-order chi connectivity index (χ0) is 18.2. The molecule has 0 bridgehead atoms. The van der Waals surface area contributed by atoms with Crippen LogP contribution in [0, 0.1) is 0 Å². The Labute approximate surface area is 155 Å². The van der Waals surface area contributed by atoms with Crippen molar-refractivity contribution in [3.63, 3.8) is 0 Å². The van der Waals surface area contributed by atoms with Crippen molar-refractivity contribution in [3.8, 4) is 0 Å². The summed E-state index contributed by atoms with van der Waals surface area (Å²) < 4.78 is 0.842. The quantitative estimate of drug-likeness (QED) is 0.581. The van der Waals surface area contributed by atoms with Gasteiger partial charge in [0.2, 0.25) is 0 Å². The summed E-state index contributed by atoms with van der Waals surface area (Å²) in [4.78, 5) is 17.9. The number of hydrogen-bond acceptors (Lipinski definition) is 5. The molecule has 0 atom stereocenters. The van der Waals surface area contributed by atoms with Crippen LogP contribution in [-0.2, 0) is 0 Å². The first-order valence-electron chi connectivity index (χ1n) is 8.20. The van der Waals surface area contributed by atoms with Crippen molar-refractivity contribution in [2.45, 2.75) is 26.7 Å². The molecule has 0 aliphatic rings. The first kappa shape index (κ1) is 19.1. The van der Waals surface area contributed by atoms with Crippen molar-refractivity contribution in [3.05, 3.63) is 46.6 Å². The summed E-state index contributed by atoms with van der Waals surface area (Å²) in [7, 11) is 0. The Kier molecular flexibility index (Phi) is 7.06. The predicted octanol–water partition coefficient (Wildman–Crippen LogP) is 5.58. The Bertz CT molecular complexity index is 741. The maximum atomic E-state index is 11.6. The highest BCUT2D eigenvalue weighted by Crippen LogP contribution is 2.27. The third-order valence-corrected chi connectivity index (χ3v) is 4.00. The van der Waals surface area contributed by atoms with Gasteiger partial charge in [-0.05, 0) is 59.1 Å². The van der Waals surface area contributed by atoms with Gasteiger partial charge in [0.1, 0.15) is 5.69 Å². The molecule has 1 aromatic heterocycles. The molecule has 6 nitrogen and oxygen atoms in total. The fraction of sp³-hybridized carbons (Fsp3) is 0.333. The Balaban J connectivity index is 2.32. The molecule has 0 unspecified atom stereocenters. The maximum absolute atomic E-state index is 11.6. The highest BCUT2D eigenvalue weighted by Gasteiger charge is 2.14. The van der Waals surface area contributed by atoms with Crippen LogP contribution in [0.4, 0.5) is 17.2 Å². The second-order valence-electron chi connectivity index (χ2n) is 5.53. The van der Waals surface area contributed by atoms with E-state index >= 15 is 0 Å². The van der Waals surface area contributed by atoms with Crippen molar-refractivity contribution in [2.75, 3.05) is 18.0 Å². The lowest BCUT2D eigenvalue weighted by Gasteiger charge is -2.24. The molecule has 1 N–H and O–H groups in total. The topological polar surface area (TPSA) is 78.2 Å². The molecule has 0 saturated carbocycles. The number of anilines is 1. The zero-order valence-electron chi connectivity index (χ0n) is 14.3. The number of nitrogens with zero attached hydrogens (tertiary/aromatic N) is 4. The van der Waals surface area contributed by atoms with E-state index in [0.717, 1.165) is 36.1 Å².